The highest BCUT2D eigenvalue weighted by Gasteiger charge is 2.30. The summed E-state index contributed by atoms with van der Waals surface area (Å²) >= 11 is 0. The number of rotatable bonds is 5. The number of hydrogen-bond donors (Lipinski definition) is 0. The summed E-state index contributed by atoms with van der Waals surface area (Å²) in [6.07, 6.45) is 4.38. The zero-order valence-electron chi connectivity index (χ0n) is 17.3. The molecule has 1 aromatic carbocycles. The van der Waals surface area contributed by atoms with E-state index < -0.39 is 5.82 Å². The second kappa shape index (κ2) is 8.63. The van der Waals surface area contributed by atoms with Crippen molar-refractivity contribution < 1.29 is 13.9 Å². The SMILES string of the molecule is COc1ccc(F)cc1C(=O)C1CCCN(c2nc(-c3ccncn3)cc(=O)n2C)C1. The van der Waals surface area contributed by atoms with Crippen molar-refractivity contribution in [1.82, 2.24) is 19.5 Å². The van der Waals surface area contributed by atoms with Gasteiger partial charge in [-0.05, 0) is 37.1 Å². The summed E-state index contributed by atoms with van der Waals surface area (Å²) in [6, 6.07) is 7.05. The number of anilines is 1. The summed E-state index contributed by atoms with van der Waals surface area (Å²) < 4.78 is 20.5. The third kappa shape index (κ3) is 4.16. The molecule has 0 bridgehead atoms. The molecule has 3 heterocycles. The van der Waals surface area contributed by atoms with Crippen LogP contribution in [-0.2, 0) is 7.05 Å². The fourth-order valence-corrected chi connectivity index (χ4v) is 3.85. The first-order valence-corrected chi connectivity index (χ1v) is 9.95. The maximum atomic E-state index is 13.8. The van der Waals surface area contributed by atoms with Gasteiger partial charge in [-0.2, -0.15) is 0 Å². The molecule has 0 saturated carbocycles. The van der Waals surface area contributed by atoms with E-state index in [2.05, 4.69) is 15.0 Å². The van der Waals surface area contributed by atoms with Crippen LogP contribution in [0.1, 0.15) is 23.2 Å². The fourth-order valence-electron chi connectivity index (χ4n) is 3.85. The van der Waals surface area contributed by atoms with Gasteiger partial charge in [0.05, 0.1) is 24.1 Å². The molecule has 1 aliphatic heterocycles. The van der Waals surface area contributed by atoms with Gasteiger partial charge in [0.2, 0.25) is 5.95 Å². The lowest BCUT2D eigenvalue weighted by Gasteiger charge is -2.33. The first-order valence-electron chi connectivity index (χ1n) is 9.95. The monoisotopic (exact) mass is 423 g/mol. The zero-order valence-corrected chi connectivity index (χ0v) is 17.3. The molecule has 0 aliphatic carbocycles. The molecule has 160 valence electrons. The van der Waals surface area contributed by atoms with E-state index >= 15 is 0 Å². The number of ketones is 1. The van der Waals surface area contributed by atoms with Crippen LogP contribution in [0, 0.1) is 11.7 Å². The van der Waals surface area contributed by atoms with Crippen LogP contribution in [0.5, 0.6) is 5.75 Å². The number of Topliss-reactive ketones (excluding diaryl/α,β-unsaturated/α-hetero) is 1. The summed E-state index contributed by atoms with van der Waals surface area (Å²) in [4.78, 5) is 40.4. The van der Waals surface area contributed by atoms with Gasteiger partial charge in [-0.25, -0.2) is 19.3 Å². The van der Waals surface area contributed by atoms with Crippen LogP contribution in [0.25, 0.3) is 11.4 Å². The molecule has 2 aromatic heterocycles. The minimum absolute atomic E-state index is 0.182. The number of carbonyl (C=O) groups excluding carboxylic acids is 1. The predicted molar refractivity (Wildman–Crippen MR) is 113 cm³/mol. The van der Waals surface area contributed by atoms with Crippen LogP contribution in [0.4, 0.5) is 10.3 Å². The molecular weight excluding hydrogens is 401 g/mol. The minimum atomic E-state index is -0.488. The summed E-state index contributed by atoms with van der Waals surface area (Å²) in [7, 11) is 3.10. The number of hydrogen-bond acceptors (Lipinski definition) is 7. The van der Waals surface area contributed by atoms with Crippen LogP contribution in [0.15, 0.2) is 47.7 Å². The van der Waals surface area contributed by atoms with E-state index in [1.807, 2.05) is 4.90 Å². The van der Waals surface area contributed by atoms with Crippen molar-refractivity contribution in [3.8, 4) is 17.1 Å². The van der Waals surface area contributed by atoms with Gasteiger partial charge in [0.25, 0.3) is 5.56 Å². The lowest BCUT2D eigenvalue weighted by Crippen LogP contribution is -2.42. The number of benzene rings is 1. The molecule has 0 N–H and O–H groups in total. The Morgan fingerprint density at radius 2 is 2.06 bits per heavy atom. The maximum absolute atomic E-state index is 13.8. The zero-order chi connectivity index (χ0) is 22.0. The Morgan fingerprint density at radius 3 is 2.81 bits per heavy atom. The number of nitrogens with zero attached hydrogens (tertiary/aromatic N) is 5. The standard InChI is InChI=1S/C22H22FN5O3/c1-27-20(29)11-18(17-7-8-24-13-25-17)26-22(27)28-9-3-4-14(12-28)21(30)16-10-15(23)5-6-19(16)31-2/h5-8,10-11,13-14H,3-4,9,12H2,1-2H3. The maximum Gasteiger partial charge on any atom is 0.255 e. The van der Waals surface area contributed by atoms with E-state index in [1.54, 1.807) is 19.3 Å². The van der Waals surface area contributed by atoms with Crippen molar-refractivity contribution in [3.05, 3.63) is 64.6 Å². The molecule has 4 rings (SSSR count). The van der Waals surface area contributed by atoms with Gasteiger partial charge >= 0.3 is 0 Å². The largest absolute Gasteiger partial charge is 0.496 e. The number of aromatic nitrogens is 4. The van der Waals surface area contributed by atoms with Gasteiger partial charge in [-0.1, -0.05) is 0 Å². The number of ether oxygens (including phenoxy) is 1. The third-order valence-corrected chi connectivity index (χ3v) is 5.46. The molecule has 1 fully saturated rings. The Kier molecular flexibility index (Phi) is 5.75. The smallest absolute Gasteiger partial charge is 0.255 e. The first kappa shape index (κ1) is 20.6. The van der Waals surface area contributed by atoms with Crippen molar-refractivity contribution in [1.29, 1.82) is 0 Å². The molecule has 1 atom stereocenters. The molecule has 9 heteroatoms. The molecule has 1 unspecified atom stereocenters. The van der Waals surface area contributed by atoms with Crippen molar-refractivity contribution in [2.75, 3.05) is 25.1 Å². The van der Waals surface area contributed by atoms with E-state index in [-0.39, 0.29) is 22.8 Å². The Bertz CT molecular complexity index is 1170. The summed E-state index contributed by atoms with van der Waals surface area (Å²) in [6.45, 7) is 1.02. The minimum Gasteiger partial charge on any atom is -0.496 e. The van der Waals surface area contributed by atoms with Crippen LogP contribution < -0.4 is 15.2 Å². The van der Waals surface area contributed by atoms with Crippen molar-refractivity contribution in [2.45, 2.75) is 12.8 Å². The van der Waals surface area contributed by atoms with Crippen LogP contribution in [0.2, 0.25) is 0 Å². The topological polar surface area (TPSA) is 90.2 Å². The van der Waals surface area contributed by atoms with Crippen LogP contribution >= 0.6 is 0 Å². The van der Waals surface area contributed by atoms with Crippen molar-refractivity contribution in [2.24, 2.45) is 13.0 Å². The highest BCUT2D eigenvalue weighted by Crippen LogP contribution is 2.29. The second-order valence-corrected chi connectivity index (χ2v) is 7.43. The molecule has 1 saturated heterocycles. The lowest BCUT2D eigenvalue weighted by atomic mass is 9.89. The average Bonchev–Trinajstić information content (AvgIpc) is 2.81. The fraction of sp³-hybridized carbons (Fsp3) is 0.318. The van der Waals surface area contributed by atoms with Crippen LogP contribution in [0.3, 0.4) is 0 Å². The number of carbonyl (C=O) groups is 1. The molecule has 31 heavy (non-hydrogen) atoms. The van der Waals surface area contributed by atoms with Crippen molar-refractivity contribution in [3.63, 3.8) is 0 Å². The number of halogens is 1. The molecule has 0 amide bonds. The van der Waals surface area contributed by atoms with Gasteiger partial charge in [-0.15, -0.1) is 0 Å². The Morgan fingerprint density at radius 1 is 1.23 bits per heavy atom. The Hall–Kier alpha value is -3.62. The van der Waals surface area contributed by atoms with Gasteiger partial charge < -0.3 is 9.64 Å². The summed E-state index contributed by atoms with van der Waals surface area (Å²) in [5.41, 5.74) is 0.994. The normalized spacial score (nSPS) is 16.2. The van der Waals surface area contributed by atoms with Crippen LogP contribution in [-0.4, -0.2) is 45.5 Å². The predicted octanol–water partition coefficient (Wildman–Crippen LogP) is 2.48. The molecule has 3 aromatic rings. The second-order valence-electron chi connectivity index (χ2n) is 7.43. The summed E-state index contributed by atoms with van der Waals surface area (Å²) in [5, 5.41) is 0. The number of piperidine rings is 1. The molecule has 0 spiro atoms. The van der Waals surface area contributed by atoms with E-state index in [1.165, 1.54) is 42.3 Å². The van der Waals surface area contributed by atoms with Crippen molar-refractivity contribution >= 4 is 11.7 Å². The van der Waals surface area contributed by atoms with Gasteiger partial charge in [0.1, 0.15) is 17.9 Å². The molecule has 1 aliphatic rings. The van der Waals surface area contributed by atoms with Gasteiger partial charge in [0.15, 0.2) is 5.78 Å². The van der Waals surface area contributed by atoms with E-state index in [9.17, 15) is 14.0 Å². The lowest BCUT2D eigenvalue weighted by molar-refractivity contribution is 0.0903. The van der Waals surface area contributed by atoms with E-state index in [4.69, 9.17) is 4.74 Å². The average molecular weight is 423 g/mol. The molecular formula is C22H22FN5O3. The van der Waals surface area contributed by atoms with E-state index in [0.29, 0.717) is 42.6 Å². The number of methoxy groups -OCH3 is 1. The molecule has 0 radical (unpaired) electrons. The highest BCUT2D eigenvalue weighted by molar-refractivity contribution is 6.00. The highest BCUT2D eigenvalue weighted by atomic mass is 19.1. The van der Waals surface area contributed by atoms with E-state index in [0.717, 1.165) is 6.42 Å². The Labute approximate surface area is 178 Å². The molecule has 8 nitrogen and oxygen atoms in total. The summed E-state index contributed by atoms with van der Waals surface area (Å²) in [5.74, 6) is -0.231. The quantitative estimate of drug-likeness (QED) is 0.583. The first-order chi connectivity index (χ1) is 15.0. The van der Waals surface area contributed by atoms with Gasteiger partial charge in [-0.3, -0.25) is 14.2 Å². The van der Waals surface area contributed by atoms with Gasteiger partial charge in [0, 0.05) is 38.3 Å². The Balaban J connectivity index is 1.65. The third-order valence-electron chi connectivity index (χ3n) is 5.46.